The second kappa shape index (κ2) is 9.29. The number of hydrogen-bond donors (Lipinski definition) is 1. The molecule has 0 aliphatic rings. The Morgan fingerprint density at radius 2 is 1.38 bits per heavy atom. The number of sulfonamides is 1. The van der Waals surface area contributed by atoms with Crippen molar-refractivity contribution in [2.75, 3.05) is 0 Å². The van der Waals surface area contributed by atoms with Crippen LogP contribution >= 0.6 is 0 Å². The van der Waals surface area contributed by atoms with Gasteiger partial charge in [-0.15, -0.1) is 0 Å². The van der Waals surface area contributed by atoms with Gasteiger partial charge in [0.25, 0.3) is 0 Å². The van der Waals surface area contributed by atoms with E-state index in [0.717, 1.165) is 27.6 Å². The molecule has 1 atom stereocenters. The molecule has 170 valence electrons. The van der Waals surface area contributed by atoms with Crippen LogP contribution in [0.2, 0.25) is 0 Å². The van der Waals surface area contributed by atoms with Gasteiger partial charge < -0.3 is 4.57 Å². The molecule has 0 fully saturated rings. The fourth-order valence-corrected chi connectivity index (χ4v) is 5.52. The van der Waals surface area contributed by atoms with Crippen molar-refractivity contribution in [1.82, 2.24) is 9.29 Å². The zero-order valence-electron chi connectivity index (χ0n) is 18.9. The van der Waals surface area contributed by atoms with Gasteiger partial charge in [0, 0.05) is 29.2 Å². The summed E-state index contributed by atoms with van der Waals surface area (Å²) in [7, 11) is -3.75. The summed E-state index contributed by atoms with van der Waals surface area (Å²) < 4.78 is 32.0. The third-order valence-corrected chi connectivity index (χ3v) is 7.50. The zero-order valence-corrected chi connectivity index (χ0v) is 19.7. The summed E-state index contributed by atoms with van der Waals surface area (Å²) in [6, 6.07) is 34.6. The van der Waals surface area contributed by atoms with Gasteiger partial charge in [-0.05, 0) is 36.2 Å². The lowest BCUT2D eigenvalue weighted by molar-refractivity contribution is 0.572. The van der Waals surface area contributed by atoms with Crippen LogP contribution in [0.5, 0.6) is 0 Å². The number of aryl methyl sites for hydroxylation is 1. The molecule has 1 heterocycles. The normalized spacial score (nSPS) is 12.6. The number of nitrogens with one attached hydrogen (secondary N) is 1. The quantitative estimate of drug-likeness (QED) is 0.317. The highest BCUT2D eigenvalue weighted by molar-refractivity contribution is 7.89. The first-order valence-corrected chi connectivity index (χ1v) is 12.8. The fraction of sp³-hybridized carbons (Fsp3) is 0.103. The summed E-state index contributed by atoms with van der Waals surface area (Å²) in [5, 5.41) is 1.03. The number of hydrogen-bond acceptors (Lipinski definition) is 2. The summed E-state index contributed by atoms with van der Waals surface area (Å²) in [6.07, 6.45) is 2.08. The average molecular weight is 467 g/mol. The van der Waals surface area contributed by atoms with E-state index in [0.29, 0.717) is 6.54 Å². The van der Waals surface area contributed by atoms with E-state index >= 15 is 0 Å². The van der Waals surface area contributed by atoms with Gasteiger partial charge in [-0.1, -0.05) is 96.6 Å². The van der Waals surface area contributed by atoms with Gasteiger partial charge in [0.05, 0.1) is 10.9 Å². The largest absolute Gasteiger partial charge is 0.343 e. The maximum Gasteiger partial charge on any atom is 0.241 e. The molecule has 0 unspecified atom stereocenters. The molecule has 4 aromatic carbocycles. The van der Waals surface area contributed by atoms with Crippen LogP contribution in [0, 0.1) is 6.92 Å². The minimum absolute atomic E-state index is 0.257. The molecular weight excluding hydrogens is 440 g/mol. The monoisotopic (exact) mass is 466 g/mol. The summed E-state index contributed by atoms with van der Waals surface area (Å²) in [5.74, 6) is 0. The molecule has 1 aromatic heterocycles. The molecule has 5 heteroatoms. The number of benzene rings is 4. The molecule has 5 aromatic rings. The van der Waals surface area contributed by atoms with Gasteiger partial charge in [-0.25, -0.2) is 8.42 Å². The average Bonchev–Trinajstić information content (AvgIpc) is 3.22. The molecule has 1 N–H and O–H groups in total. The van der Waals surface area contributed by atoms with Crippen LogP contribution in [0.3, 0.4) is 0 Å². The second-order valence-electron chi connectivity index (χ2n) is 8.49. The Kier molecular flexibility index (Phi) is 6.05. The van der Waals surface area contributed by atoms with Gasteiger partial charge in [-0.3, -0.25) is 0 Å². The maximum atomic E-state index is 13.4. The molecule has 5 rings (SSSR count). The smallest absolute Gasteiger partial charge is 0.241 e. The van der Waals surface area contributed by atoms with E-state index in [1.54, 1.807) is 12.1 Å². The predicted molar refractivity (Wildman–Crippen MR) is 137 cm³/mol. The first kappa shape index (κ1) is 22.1. The number of para-hydroxylation sites is 1. The van der Waals surface area contributed by atoms with Crippen molar-refractivity contribution in [3.63, 3.8) is 0 Å². The van der Waals surface area contributed by atoms with E-state index in [-0.39, 0.29) is 4.90 Å². The van der Waals surface area contributed by atoms with Gasteiger partial charge in [0.2, 0.25) is 10.0 Å². The maximum absolute atomic E-state index is 13.4. The molecule has 0 saturated heterocycles. The lowest BCUT2D eigenvalue weighted by atomic mass is 9.99. The first-order valence-electron chi connectivity index (χ1n) is 11.3. The third-order valence-electron chi connectivity index (χ3n) is 6.06. The van der Waals surface area contributed by atoms with E-state index in [1.807, 2.05) is 79.7 Å². The van der Waals surface area contributed by atoms with Crippen molar-refractivity contribution in [2.45, 2.75) is 24.4 Å². The van der Waals surface area contributed by atoms with Crippen LogP contribution in [0.4, 0.5) is 0 Å². The number of aromatic nitrogens is 1. The Labute approximate surface area is 200 Å². The van der Waals surface area contributed by atoms with Crippen molar-refractivity contribution in [3.8, 4) is 0 Å². The second-order valence-corrected chi connectivity index (χ2v) is 10.2. The molecule has 34 heavy (non-hydrogen) atoms. The summed E-state index contributed by atoms with van der Waals surface area (Å²) in [6.45, 7) is 2.64. The fourth-order valence-electron chi connectivity index (χ4n) is 4.31. The molecule has 0 amide bonds. The predicted octanol–water partition coefficient (Wildman–Crippen LogP) is 6.07. The minimum atomic E-state index is -3.75. The van der Waals surface area contributed by atoms with Crippen molar-refractivity contribution in [3.05, 3.63) is 138 Å². The molecule has 0 saturated carbocycles. The van der Waals surface area contributed by atoms with Crippen molar-refractivity contribution >= 4 is 20.9 Å². The van der Waals surface area contributed by atoms with Crippen LogP contribution in [0.1, 0.15) is 28.3 Å². The van der Waals surface area contributed by atoms with Crippen molar-refractivity contribution in [2.24, 2.45) is 0 Å². The van der Waals surface area contributed by atoms with E-state index in [4.69, 9.17) is 0 Å². The van der Waals surface area contributed by atoms with Crippen LogP contribution in [0.15, 0.2) is 120 Å². The van der Waals surface area contributed by atoms with Gasteiger partial charge >= 0.3 is 0 Å². The van der Waals surface area contributed by atoms with E-state index in [9.17, 15) is 8.42 Å². The third kappa shape index (κ3) is 4.53. The topological polar surface area (TPSA) is 51.1 Å². The molecule has 4 nitrogen and oxygen atoms in total. The molecule has 0 spiro atoms. The van der Waals surface area contributed by atoms with Crippen molar-refractivity contribution in [1.29, 1.82) is 0 Å². The Bertz CT molecular complexity index is 1510. The van der Waals surface area contributed by atoms with Gasteiger partial charge in [0.15, 0.2) is 0 Å². The summed E-state index contributed by atoms with van der Waals surface area (Å²) >= 11 is 0. The van der Waals surface area contributed by atoms with Crippen LogP contribution < -0.4 is 4.72 Å². The lowest BCUT2D eigenvalue weighted by Gasteiger charge is -2.19. The summed E-state index contributed by atoms with van der Waals surface area (Å²) in [4.78, 5) is 0.257. The number of fused-ring (bicyclic) bond motifs is 1. The number of nitrogens with zero attached hydrogens (tertiary/aromatic N) is 1. The Morgan fingerprint density at radius 1 is 0.765 bits per heavy atom. The summed E-state index contributed by atoms with van der Waals surface area (Å²) in [5.41, 5.74) is 5.08. The van der Waals surface area contributed by atoms with E-state index in [1.165, 1.54) is 5.56 Å². The lowest BCUT2D eigenvalue weighted by Crippen LogP contribution is -2.29. The Morgan fingerprint density at radius 3 is 2.09 bits per heavy atom. The van der Waals surface area contributed by atoms with Gasteiger partial charge in [0.1, 0.15) is 0 Å². The highest BCUT2D eigenvalue weighted by atomic mass is 32.2. The molecule has 0 radical (unpaired) electrons. The Balaban J connectivity index is 1.62. The van der Waals surface area contributed by atoms with Crippen molar-refractivity contribution < 1.29 is 8.42 Å². The molecule has 0 aliphatic heterocycles. The van der Waals surface area contributed by atoms with E-state index < -0.39 is 16.1 Å². The van der Waals surface area contributed by atoms with E-state index in [2.05, 4.69) is 39.8 Å². The standard InChI is InChI=1S/C29H26N2O2S/c1-22-16-18-25(19-17-22)34(32,33)30-29(24-12-6-3-7-13-24)27-21-31(20-23-10-4-2-5-11-23)28-15-9-8-14-26(27)28/h2-19,21,29-30H,20H2,1H3/t29-/m1/s1. The first-order chi connectivity index (χ1) is 16.5. The SMILES string of the molecule is Cc1ccc(S(=O)(=O)N[C@H](c2ccccc2)c2cn(Cc3ccccc3)c3ccccc23)cc1. The van der Waals surface area contributed by atoms with Crippen LogP contribution in [-0.2, 0) is 16.6 Å². The highest BCUT2D eigenvalue weighted by Crippen LogP contribution is 2.32. The van der Waals surface area contributed by atoms with Crippen LogP contribution in [-0.4, -0.2) is 13.0 Å². The van der Waals surface area contributed by atoms with Crippen LogP contribution in [0.25, 0.3) is 10.9 Å². The molecule has 0 bridgehead atoms. The zero-order chi connectivity index (χ0) is 23.5. The number of rotatable bonds is 7. The van der Waals surface area contributed by atoms with Gasteiger partial charge in [-0.2, -0.15) is 4.72 Å². The molecular formula is C29H26N2O2S. The highest BCUT2D eigenvalue weighted by Gasteiger charge is 2.26. The Hall–Kier alpha value is -3.67. The minimum Gasteiger partial charge on any atom is -0.343 e. The molecule has 0 aliphatic carbocycles.